The number of nitrogens with one attached hydrogen (secondary N) is 1. The molecule has 0 aliphatic carbocycles. The molecule has 0 saturated carbocycles. The number of hydrogen-bond acceptors (Lipinski definition) is 4. The summed E-state index contributed by atoms with van der Waals surface area (Å²) in [7, 11) is 2.10. The zero-order chi connectivity index (χ0) is 13.1. The molecule has 0 unspecified atom stereocenters. The molecule has 98 valence electrons. The van der Waals surface area contributed by atoms with E-state index in [1.807, 2.05) is 6.07 Å². The highest BCUT2D eigenvalue weighted by atomic mass is 79.9. The minimum atomic E-state index is -0.345. The Morgan fingerprint density at radius 1 is 1.44 bits per heavy atom. The molecule has 0 atom stereocenters. The first kappa shape index (κ1) is 13.3. The van der Waals surface area contributed by atoms with Gasteiger partial charge in [-0.3, -0.25) is 10.1 Å². The molecule has 0 radical (unpaired) electrons. The fourth-order valence-corrected chi connectivity index (χ4v) is 2.50. The minimum absolute atomic E-state index is 0.128. The summed E-state index contributed by atoms with van der Waals surface area (Å²) >= 11 is 3.26. The largest absolute Gasteiger partial charge is 0.377 e. The topological polar surface area (TPSA) is 58.4 Å². The zero-order valence-electron chi connectivity index (χ0n) is 10.2. The molecule has 1 aliphatic heterocycles. The second kappa shape index (κ2) is 5.67. The van der Waals surface area contributed by atoms with Crippen LogP contribution in [0.2, 0.25) is 0 Å². The Morgan fingerprint density at radius 2 is 2.11 bits per heavy atom. The number of hydrogen-bond donors (Lipinski definition) is 1. The van der Waals surface area contributed by atoms with Crippen LogP contribution in [-0.2, 0) is 0 Å². The predicted molar refractivity (Wildman–Crippen MR) is 74.9 cm³/mol. The monoisotopic (exact) mass is 313 g/mol. The maximum absolute atomic E-state index is 11.0. The third-order valence-electron chi connectivity index (χ3n) is 3.23. The first-order chi connectivity index (χ1) is 8.56. The quantitative estimate of drug-likeness (QED) is 0.688. The van der Waals surface area contributed by atoms with E-state index in [0.29, 0.717) is 11.7 Å². The summed E-state index contributed by atoms with van der Waals surface area (Å²) in [5.41, 5.74) is 0.737. The van der Waals surface area contributed by atoms with Crippen LogP contribution in [-0.4, -0.2) is 36.0 Å². The predicted octanol–water partition coefficient (Wildman–Crippen LogP) is 2.86. The highest BCUT2D eigenvalue weighted by molar-refractivity contribution is 9.10. The molecule has 5 nitrogen and oxygen atoms in total. The van der Waals surface area contributed by atoms with Gasteiger partial charge in [0.1, 0.15) is 5.69 Å². The van der Waals surface area contributed by atoms with Crippen LogP contribution in [0.5, 0.6) is 0 Å². The van der Waals surface area contributed by atoms with Gasteiger partial charge in [0.05, 0.1) is 4.92 Å². The van der Waals surface area contributed by atoms with Crippen molar-refractivity contribution in [3.05, 3.63) is 32.8 Å². The van der Waals surface area contributed by atoms with Crippen molar-refractivity contribution in [2.75, 3.05) is 25.5 Å². The Morgan fingerprint density at radius 3 is 2.72 bits per heavy atom. The SMILES string of the molecule is CN1CCC(Nc2ccc(Br)cc2[N+](=O)[O-])CC1. The highest BCUT2D eigenvalue weighted by Gasteiger charge is 2.20. The van der Waals surface area contributed by atoms with E-state index in [4.69, 9.17) is 0 Å². The molecule has 1 aromatic rings. The lowest BCUT2D eigenvalue weighted by molar-refractivity contribution is -0.384. The van der Waals surface area contributed by atoms with Gasteiger partial charge in [-0.1, -0.05) is 15.9 Å². The summed E-state index contributed by atoms with van der Waals surface area (Å²) < 4.78 is 0.725. The summed E-state index contributed by atoms with van der Waals surface area (Å²) in [4.78, 5) is 12.9. The van der Waals surface area contributed by atoms with Crippen molar-refractivity contribution >= 4 is 27.3 Å². The van der Waals surface area contributed by atoms with E-state index in [1.165, 1.54) is 6.07 Å². The maximum Gasteiger partial charge on any atom is 0.293 e. The maximum atomic E-state index is 11.0. The van der Waals surface area contributed by atoms with E-state index >= 15 is 0 Å². The molecular weight excluding hydrogens is 298 g/mol. The van der Waals surface area contributed by atoms with Crippen LogP contribution >= 0.6 is 15.9 Å². The van der Waals surface area contributed by atoms with E-state index < -0.39 is 0 Å². The van der Waals surface area contributed by atoms with Gasteiger partial charge in [-0.25, -0.2) is 0 Å². The van der Waals surface area contributed by atoms with Gasteiger partial charge >= 0.3 is 0 Å². The van der Waals surface area contributed by atoms with Gasteiger partial charge < -0.3 is 10.2 Å². The lowest BCUT2D eigenvalue weighted by atomic mass is 10.1. The van der Waals surface area contributed by atoms with Crippen LogP contribution in [0.1, 0.15) is 12.8 Å². The third-order valence-corrected chi connectivity index (χ3v) is 3.73. The minimum Gasteiger partial charge on any atom is -0.377 e. The smallest absolute Gasteiger partial charge is 0.293 e. The number of nitro benzene ring substituents is 1. The fraction of sp³-hybridized carbons (Fsp3) is 0.500. The molecule has 6 heteroatoms. The Labute approximate surface area is 114 Å². The van der Waals surface area contributed by atoms with Crippen molar-refractivity contribution in [2.45, 2.75) is 18.9 Å². The van der Waals surface area contributed by atoms with Gasteiger partial charge in [0.25, 0.3) is 5.69 Å². The summed E-state index contributed by atoms with van der Waals surface area (Å²) in [6, 6.07) is 5.45. The third kappa shape index (κ3) is 3.20. The van der Waals surface area contributed by atoms with Crippen LogP contribution in [0.15, 0.2) is 22.7 Å². The summed E-state index contributed by atoms with van der Waals surface area (Å²) in [6.45, 7) is 2.06. The van der Waals surface area contributed by atoms with E-state index in [-0.39, 0.29) is 10.6 Å². The lowest BCUT2D eigenvalue weighted by Crippen LogP contribution is -2.36. The van der Waals surface area contributed by atoms with Crippen LogP contribution in [0.4, 0.5) is 11.4 Å². The Hall–Kier alpha value is -1.14. The average molecular weight is 314 g/mol. The van der Waals surface area contributed by atoms with Crippen molar-refractivity contribution in [3.63, 3.8) is 0 Å². The number of anilines is 1. The lowest BCUT2D eigenvalue weighted by Gasteiger charge is -2.30. The van der Waals surface area contributed by atoms with E-state index in [1.54, 1.807) is 6.07 Å². The van der Waals surface area contributed by atoms with Crippen molar-refractivity contribution in [1.29, 1.82) is 0 Å². The summed E-state index contributed by atoms with van der Waals surface area (Å²) in [5, 5.41) is 14.3. The Balaban J connectivity index is 2.11. The molecule has 0 spiro atoms. The number of benzene rings is 1. The molecule has 1 aliphatic rings. The normalized spacial score (nSPS) is 17.7. The molecule has 1 aromatic carbocycles. The molecule has 1 fully saturated rings. The molecule has 1 N–H and O–H groups in total. The van der Waals surface area contributed by atoms with Crippen LogP contribution in [0, 0.1) is 10.1 Å². The Bertz CT molecular complexity index is 445. The highest BCUT2D eigenvalue weighted by Crippen LogP contribution is 2.29. The van der Waals surface area contributed by atoms with Gasteiger partial charge in [-0.15, -0.1) is 0 Å². The molecule has 18 heavy (non-hydrogen) atoms. The van der Waals surface area contributed by atoms with Crippen molar-refractivity contribution < 1.29 is 4.92 Å². The average Bonchev–Trinajstić information content (AvgIpc) is 2.34. The zero-order valence-corrected chi connectivity index (χ0v) is 11.8. The van der Waals surface area contributed by atoms with Crippen molar-refractivity contribution in [1.82, 2.24) is 4.90 Å². The molecular formula is C12H16BrN3O2. The number of rotatable bonds is 3. The molecule has 1 saturated heterocycles. The summed E-state index contributed by atoms with van der Waals surface area (Å²) in [5.74, 6) is 0. The molecule has 0 aromatic heterocycles. The van der Waals surface area contributed by atoms with E-state index in [0.717, 1.165) is 30.4 Å². The van der Waals surface area contributed by atoms with Gasteiger partial charge in [0.2, 0.25) is 0 Å². The Kier molecular flexibility index (Phi) is 4.19. The molecule has 0 amide bonds. The van der Waals surface area contributed by atoms with Crippen LogP contribution in [0.25, 0.3) is 0 Å². The standard InChI is InChI=1S/C12H16BrN3O2/c1-15-6-4-10(5-7-15)14-11-3-2-9(13)8-12(11)16(17)18/h2-3,8,10,14H,4-7H2,1H3. The number of halogens is 1. The van der Waals surface area contributed by atoms with Crippen molar-refractivity contribution in [2.24, 2.45) is 0 Å². The molecule has 1 heterocycles. The van der Waals surface area contributed by atoms with Crippen LogP contribution < -0.4 is 5.32 Å². The number of nitro groups is 1. The summed E-state index contributed by atoms with van der Waals surface area (Å²) in [6.07, 6.45) is 2.04. The second-order valence-corrected chi connectivity index (χ2v) is 5.56. The number of likely N-dealkylation sites (tertiary alicyclic amines) is 1. The van der Waals surface area contributed by atoms with E-state index in [9.17, 15) is 10.1 Å². The number of piperidine rings is 1. The first-order valence-electron chi connectivity index (χ1n) is 5.95. The second-order valence-electron chi connectivity index (χ2n) is 4.64. The van der Waals surface area contributed by atoms with Crippen LogP contribution in [0.3, 0.4) is 0 Å². The van der Waals surface area contributed by atoms with E-state index in [2.05, 4.69) is 33.2 Å². The molecule has 2 rings (SSSR count). The van der Waals surface area contributed by atoms with Gasteiger partial charge in [0, 0.05) is 16.6 Å². The first-order valence-corrected chi connectivity index (χ1v) is 6.74. The van der Waals surface area contributed by atoms with Gasteiger partial charge in [-0.05, 0) is 45.1 Å². The van der Waals surface area contributed by atoms with Gasteiger partial charge in [-0.2, -0.15) is 0 Å². The van der Waals surface area contributed by atoms with Gasteiger partial charge in [0.15, 0.2) is 0 Å². The number of nitrogens with zero attached hydrogens (tertiary/aromatic N) is 2. The molecule has 0 bridgehead atoms. The van der Waals surface area contributed by atoms with Crippen molar-refractivity contribution in [3.8, 4) is 0 Å². The fourth-order valence-electron chi connectivity index (χ4n) is 2.15.